The van der Waals surface area contributed by atoms with Crippen LogP contribution in [0.15, 0.2) is 84.9 Å². The predicted molar refractivity (Wildman–Crippen MR) is 168 cm³/mol. The minimum Gasteiger partial charge on any atom is -0.458 e. The molecule has 0 radical (unpaired) electrons. The molecule has 234 valence electrons. The van der Waals surface area contributed by atoms with Crippen molar-refractivity contribution in [2.75, 3.05) is 24.3 Å². The summed E-state index contributed by atoms with van der Waals surface area (Å²) in [6.45, 7) is 5.46. The largest absolute Gasteiger partial charge is 0.458 e. The Bertz CT molecular complexity index is 1560. The highest BCUT2D eigenvalue weighted by Crippen LogP contribution is 2.46. The SMILES string of the molecule is C=C(CO)Cc1ccc([C@@H]2C(CC[C@H](OC(C)=O)c3ccc(F)cc3)C(=O)N2c2ccc(CCCNS(C)(=O)=O)cc2)cc1. The van der Waals surface area contributed by atoms with Crippen LogP contribution in [0.4, 0.5) is 10.1 Å². The fourth-order valence-corrected chi connectivity index (χ4v) is 6.07. The number of carbonyl (C=O) groups is 2. The number of rotatable bonds is 15. The molecule has 4 rings (SSSR count). The molecule has 0 aliphatic carbocycles. The summed E-state index contributed by atoms with van der Waals surface area (Å²) < 4.78 is 44.2. The summed E-state index contributed by atoms with van der Waals surface area (Å²) >= 11 is 0. The van der Waals surface area contributed by atoms with Crippen molar-refractivity contribution in [1.29, 1.82) is 0 Å². The fourth-order valence-electron chi connectivity index (χ4n) is 5.55. The van der Waals surface area contributed by atoms with Crippen molar-refractivity contribution in [3.63, 3.8) is 0 Å². The lowest BCUT2D eigenvalue weighted by Gasteiger charge is -2.48. The van der Waals surface area contributed by atoms with E-state index >= 15 is 0 Å². The third-order valence-corrected chi connectivity index (χ3v) is 8.45. The standard InChI is InChI=1S/C34H39FN2O6S/c1-23(22-38)21-26-6-10-28(11-7-26)33-31(18-19-32(43-24(2)39)27-12-14-29(35)15-13-27)34(40)37(33)30-16-8-25(9-17-30)5-4-20-36-44(3,41)42/h6-17,31-33,36,38H,1,4-5,18-22H2,2-3H3/t31?,32-,33+/m0/s1. The van der Waals surface area contributed by atoms with Gasteiger partial charge in [-0.1, -0.05) is 55.1 Å². The number of carbonyl (C=O) groups excluding carboxylic acids is 2. The number of sulfonamides is 1. The highest BCUT2D eigenvalue weighted by atomic mass is 32.2. The Morgan fingerprint density at radius 1 is 1.05 bits per heavy atom. The molecule has 44 heavy (non-hydrogen) atoms. The van der Waals surface area contributed by atoms with Crippen molar-refractivity contribution < 1.29 is 32.2 Å². The Kier molecular flexibility index (Phi) is 11.1. The van der Waals surface area contributed by atoms with Crippen LogP contribution < -0.4 is 9.62 Å². The molecule has 0 saturated carbocycles. The maximum absolute atomic E-state index is 13.7. The van der Waals surface area contributed by atoms with Crippen LogP contribution in [0.3, 0.4) is 0 Å². The number of esters is 1. The Labute approximate surface area is 258 Å². The predicted octanol–water partition coefficient (Wildman–Crippen LogP) is 5.19. The van der Waals surface area contributed by atoms with Crippen LogP contribution in [0.1, 0.15) is 60.6 Å². The second-order valence-corrected chi connectivity index (χ2v) is 13.1. The van der Waals surface area contributed by atoms with E-state index < -0.39 is 22.1 Å². The first kappa shape index (κ1) is 33.0. The number of benzene rings is 3. The van der Waals surface area contributed by atoms with Gasteiger partial charge < -0.3 is 14.7 Å². The third-order valence-electron chi connectivity index (χ3n) is 7.72. The highest BCUT2D eigenvalue weighted by molar-refractivity contribution is 7.88. The number of β-lactam (4-membered cyclic amide) rings is 1. The summed E-state index contributed by atoms with van der Waals surface area (Å²) in [7, 11) is -3.23. The van der Waals surface area contributed by atoms with Crippen LogP contribution in [0.5, 0.6) is 0 Å². The van der Waals surface area contributed by atoms with Crippen molar-refractivity contribution in [3.8, 4) is 0 Å². The first-order chi connectivity index (χ1) is 20.9. The second kappa shape index (κ2) is 14.7. The normalized spacial score (nSPS) is 17.2. The molecule has 8 nitrogen and oxygen atoms in total. The topological polar surface area (TPSA) is 113 Å². The number of hydrogen-bond donors (Lipinski definition) is 2. The van der Waals surface area contributed by atoms with E-state index in [4.69, 9.17) is 4.74 Å². The van der Waals surface area contributed by atoms with Gasteiger partial charge in [0.15, 0.2) is 0 Å². The van der Waals surface area contributed by atoms with Crippen LogP contribution in [0.2, 0.25) is 0 Å². The van der Waals surface area contributed by atoms with Crippen LogP contribution in [0.25, 0.3) is 0 Å². The van der Waals surface area contributed by atoms with Gasteiger partial charge in [-0.05, 0) is 84.2 Å². The van der Waals surface area contributed by atoms with Gasteiger partial charge in [-0.25, -0.2) is 17.5 Å². The zero-order chi connectivity index (χ0) is 31.9. The highest BCUT2D eigenvalue weighted by Gasteiger charge is 2.48. The minimum absolute atomic E-state index is 0.0430. The van der Waals surface area contributed by atoms with E-state index in [1.165, 1.54) is 19.1 Å². The Balaban J connectivity index is 1.53. The second-order valence-electron chi connectivity index (χ2n) is 11.2. The van der Waals surface area contributed by atoms with Gasteiger partial charge in [0.2, 0.25) is 15.9 Å². The number of aliphatic hydroxyl groups is 1. The third kappa shape index (κ3) is 8.84. The lowest BCUT2D eigenvalue weighted by atomic mass is 9.78. The molecule has 10 heteroatoms. The molecule has 3 aromatic carbocycles. The summed E-state index contributed by atoms with van der Waals surface area (Å²) in [5, 5.41) is 9.36. The van der Waals surface area contributed by atoms with E-state index in [1.807, 2.05) is 48.5 Å². The number of aliphatic hydroxyl groups excluding tert-OH is 1. The summed E-state index contributed by atoms with van der Waals surface area (Å²) in [4.78, 5) is 27.3. The lowest BCUT2D eigenvalue weighted by Crippen LogP contribution is -2.55. The van der Waals surface area contributed by atoms with Gasteiger partial charge in [0.05, 0.1) is 24.8 Å². The first-order valence-corrected chi connectivity index (χ1v) is 16.5. The maximum atomic E-state index is 13.7. The molecule has 1 amide bonds. The van der Waals surface area contributed by atoms with Crippen LogP contribution in [0, 0.1) is 11.7 Å². The molecule has 2 N–H and O–H groups in total. The van der Waals surface area contributed by atoms with Gasteiger partial charge in [0, 0.05) is 19.2 Å². The number of nitrogens with zero attached hydrogens (tertiary/aromatic N) is 1. The van der Waals surface area contributed by atoms with E-state index in [0.717, 1.165) is 28.6 Å². The molecule has 1 heterocycles. The van der Waals surface area contributed by atoms with Crippen LogP contribution >= 0.6 is 0 Å². The molecule has 0 spiro atoms. The van der Waals surface area contributed by atoms with Crippen molar-refractivity contribution in [1.82, 2.24) is 4.72 Å². The van der Waals surface area contributed by atoms with Gasteiger partial charge >= 0.3 is 5.97 Å². The molecular weight excluding hydrogens is 583 g/mol. The molecule has 0 bridgehead atoms. The van der Waals surface area contributed by atoms with Gasteiger partial charge in [0.25, 0.3) is 0 Å². The number of hydrogen-bond acceptors (Lipinski definition) is 6. The molecule has 0 aromatic heterocycles. The van der Waals surface area contributed by atoms with Gasteiger partial charge in [-0.15, -0.1) is 0 Å². The van der Waals surface area contributed by atoms with Crippen molar-refractivity contribution in [2.45, 2.75) is 51.2 Å². The molecule has 1 aliphatic heterocycles. The molecule has 1 saturated heterocycles. The summed E-state index contributed by atoms with van der Waals surface area (Å²) in [6.07, 6.45) is 3.24. The number of nitrogens with one attached hydrogen (secondary N) is 1. The van der Waals surface area contributed by atoms with E-state index in [1.54, 1.807) is 17.0 Å². The van der Waals surface area contributed by atoms with Gasteiger partial charge in [-0.3, -0.25) is 9.59 Å². The van der Waals surface area contributed by atoms with Crippen molar-refractivity contribution in [3.05, 3.63) is 113 Å². The van der Waals surface area contributed by atoms with Gasteiger partial charge in [-0.2, -0.15) is 0 Å². The average molecular weight is 623 g/mol. The summed E-state index contributed by atoms with van der Waals surface area (Å²) in [5.41, 5.74) is 5.11. The number of anilines is 1. The van der Waals surface area contributed by atoms with Crippen LogP contribution in [-0.4, -0.2) is 44.8 Å². The first-order valence-electron chi connectivity index (χ1n) is 14.6. The van der Waals surface area contributed by atoms with Crippen molar-refractivity contribution >= 4 is 27.6 Å². The Hall–Kier alpha value is -3.86. The number of ether oxygens (including phenoxy) is 1. The van der Waals surface area contributed by atoms with E-state index in [2.05, 4.69) is 11.3 Å². The van der Waals surface area contributed by atoms with Crippen molar-refractivity contribution in [2.24, 2.45) is 5.92 Å². The Morgan fingerprint density at radius 3 is 2.27 bits per heavy atom. The summed E-state index contributed by atoms with van der Waals surface area (Å²) in [6, 6.07) is 21.2. The van der Waals surface area contributed by atoms with Crippen LogP contribution in [-0.2, 0) is 37.2 Å². The zero-order valence-electron chi connectivity index (χ0n) is 25.0. The molecule has 1 fully saturated rings. The lowest BCUT2D eigenvalue weighted by molar-refractivity contribution is -0.147. The fraction of sp³-hybridized carbons (Fsp3) is 0.353. The molecule has 3 atom stereocenters. The zero-order valence-corrected chi connectivity index (χ0v) is 25.9. The minimum atomic E-state index is -3.23. The molecule has 3 aromatic rings. The number of halogens is 1. The summed E-state index contributed by atoms with van der Waals surface area (Å²) in [5.74, 6) is -1.25. The Morgan fingerprint density at radius 2 is 1.68 bits per heavy atom. The monoisotopic (exact) mass is 622 g/mol. The smallest absolute Gasteiger partial charge is 0.303 e. The molecule has 1 aliphatic rings. The quantitative estimate of drug-likeness (QED) is 0.104. The number of amides is 1. The molecule has 1 unspecified atom stereocenters. The van der Waals surface area contributed by atoms with Gasteiger partial charge in [0.1, 0.15) is 11.9 Å². The maximum Gasteiger partial charge on any atom is 0.303 e. The molecular formula is C34H39FN2O6S. The van der Waals surface area contributed by atoms with E-state index in [9.17, 15) is 27.5 Å². The van der Waals surface area contributed by atoms with E-state index in [-0.39, 0.29) is 30.3 Å². The van der Waals surface area contributed by atoms with E-state index in [0.29, 0.717) is 49.8 Å². The number of aryl methyl sites for hydroxylation is 1. The average Bonchev–Trinajstić information content (AvgIpc) is 2.98.